The molecule has 0 unspecified atom stereocenters. The summed E-state index contributed by atoms with van der Waals surface area (Å²) in [5.74, 6) is 0.569. The maximum absolute atomic E-state index is 12.8. The van der Waals surface area contributed by atoms with Crippen molar-refractivity contribution in [3.8, 4) is 23.0 Å². The third-order valence-corrected chi connectivity index (χ3v) is 3.27. The van der Waals surface area contributed by atoms with Gasteiger partial charge < -0.3 is 4.74 Å². The second-order valence-electron chi connectivity index (χ2n) is 4.84. The second-order valence-corrected chi connectivity index (χ2v) is 5.27. The molecule has 0 saturated heterocycles. The van der Waals surface area contributed by atoms with Gasteiger partial charge in [0.05, 0.1) is 22.6 Å². The van der Waals surface area contributed by atoms with Crippen LogP contribution in [0, 0.1) is 0 Å². The number of hydrogen-bond acceptors (Lipinski definition) is 4. The van der Waals surface area contributed by atoms with Crippen molar-refractivity contribution in [1.82, 2.24) is 19.7 Å². The predicted molar refractivity (Wildman–Crippen MR) is 80.8 cm³/mol. The van der Waals surface area contributed by atoms with Crippen LogP contribution in [0.25, 0.3) is 11.4 Å². The van der Waals surface area contributed by atoms with E-state index in [4.69, 9.17) is 16.3 Å². The molecule has 0 aliphatic carbocycles. The normalized spacial score (nSPS) is 11.5. The van der Waals surface area contributed by atoms with Gasteiger partial charge in [0.25, 0.3) is 0 Å². The topological polar surface area (TPSA) is 52.8 Å². The number of ether oxygens (including phenoxy) is 1. The third-order valence-electron chi connectivity index (χ3n) is 3.06. The molecular formula is C15H10ClF3N4O. The van der Waals surface area contributed by atoms with E-state index in [1.807, 2.05) is 0 Å². The van der Waals surface area contributed by atoms with Crippen LogP contribution in [0.3, 0.4) is 0 Å². The van der Waals surface area contributed by atoms with E-state index >= 15 is 0 Å². The van der Waals surface area contributed by atoms with Crippen LogP contribution < -0.4 is 4.74 Å². The molecule has 0 aromatic carbocycles. The molecule has 3 rings (SSSR count). The zero-order valence-electron chi connectivity index (χ0n) is 12.3. The molecule has 0 radical (unpaired) electrons. The lowest BCUT2D eigenvalue weighted by molar-refractivity contribution is -0.141. The predicted octanol–water partition coefficient (Wildman–Crippen LogP) is 4.34. The minimum absolute atomic E-state index is 0.200. The largest absolute Gasteiger partial charge is 0.437 e. The zero-order valence-corrected chi connectivity index (χ0v) is 13.0. The number of aryl methyl sites for hydroxylation is 1. The maximum Gasteiger partial charge on any atom is 0.435 e. The van der Waals surface area contributed by atoms with Gasteiger partial charge >= 0.3 is 6.18 Å². The van der Waals surface area contributed by atoms with Crippen molar-refractivity contribution < 1.29 is 17.9 Å². The Kier molecular flexibility index (Phi) is 4.15. The molecule has 5 nitrogen and oxygen atoms in total. The van der Waals surface area contributed by atoms with Crippen LogP contribution >= 0.6 is 11.6 Å². The number of rotatable bonds is 3. The van der Waals surface area contributed by atoms with Crippen LogP contribution in [-0.2, 0) is 13.2 Å². The van der Waals surface area contributed by atoms with Crippen molar-refractivity contribution in [3.63, 3.8) is 0 Å². The van der Waals surface area contributed by atoms with Gasteiger partial charge in [0, 0.05) is 25.4 Å². The lowest BCUT2D eigenvalue weighted by Crippen LogP contribution is -2.06. The minimum Gasteiger partial charge on any atom is -0.437 e. The van der Waals surface area contributed by atoms with Gasteiger partial charge in [-0.3, -0.25) is 9.67 Å². The lowest BCUT2D eigenvalue weighted by Gasteiger charge is -2.06. The van der Waals surface area contributed by atoms with Gasteiger partial charge in [0.2, 0.25) is 5.88 Å². The van der Waals surface area contributed by atoms with Crippen LogP contribution in [0.2, 0.25) is 5.02 Å². The van der Waals surface area contributed by atoms with Gasteiger partial charge in [-0.1, -0.05) is 17.7 Å². The number of aromatic nitrogens is 4. The highest BCUT2D eigenvalue weighted by molar-refractivity contribution is 6.30. The van der Waals surface area contributed by atoms with Crippen molar-refractivity contribution in [3.05, 3.63) is 53.4 Å². The van der Waals surface area contributed by atoms with E-state index < -0.39 is 11.9 Å². The summed E-state index contributed by atoms with van der Waals surface area (Å²) in [5, 5.41) is 3.86. The molecule has 0 aliphatic rings. The summed E-state index contributed by atoms with van der Waals surface area (Å²) in [5.41, 5.74) is -0.461. The first-order valence-corrected chi connectivity index (χ1v) is 7.08. The minimum atomic E-state index is -4.52. The molecule has 0 saturated carbocycles. The molecule has 124 valence electrons. The summed E-state index contributed by atoms with van der Waals surface area (Å²) in [6.45, 7) is 0. The van der Waals surface area contributed by atoms with Crippen molar-refractivity contribution in [2.24, 2.45) is 7.05 Å². The molecule has 24 heavy (non-hydrogen) atoms. The van der Waals surface area contributed by atoms with E-state index in [9.17, 15) is 13.2 Å². The average molecular weight is 355 g/mol. The number of pyridine rings is 2. The Morgan fingerprint density at radius 3 is 2.62 bits per heavy atom. The van der Waals surface area contributed by atoms with Gasteiger partial charge in [-0.2, -0.15) is 18.3 Å². The van der Waals surface area contributed by atoms with Crippen molar-refractivity contribution in [1.29, 1.82) is 0 Å². The summed E-state index contributed by atoms with van der Waals surface area (Å²) in [4.78, 5) is 8.08. The van der Waals surface area contributed by atoms with E-state index in [0.29, 0.717) is 16.5 Å². The van der Waals surface area contributed by atoms with Crippen LogP contribution in [0.1, 0.15) is 5.69 Å². The first kappa shape index (κ1) is 16.3. The van der Waals surface area contributed by atoms with E-state index in [1.165, 1.54) is 19.4 Å². The summed E-state index contributed by atoms with van der Waals surface area (Å²) < 4.78 is 44.9. The highest BCUT2D eigenvalue weighted by atomic mass is 35.5. The summed E-state index contributed by atoms with van der Waals surface area (Å²) in [6, 6.07) is 7.25. The van der Waals surface area contributed by atoms with Crippen molar-refractivity contribution >= 4 is 11.6 Å². The molecular weight excluding hydrogens is 345 g/mol. The Labute approximate surface area is 139 Å². The maximum atomic E-state index is 12.8. The quantitative estimate of drug-likeness (QED) is 0.702. The fourth-order valence-electron chi connectivity index (χ4n) is 2.03. The van der Waals surface area contributed by atoms with E-state index in [-0.39, 0.29) is 11.6 Å². The number of alkyl halides is 3. The van der Waals surface area contributed by atoms with Crippen LogP contribution in [0.4, 0.5) is 13.2 Å². The van der Waals surface area contributed by atoms with Crippen LogP contribution in [0.15, 0.2) is 42.7 Å². The van der Waals surface area contributed by atoms with Crippen LogP contribution in [0.5, 0.6) is 11.6 Å². The Morgan fingerprint density at radius 2 is 1.96 bits per heavy atom. The Morgan fingerprint density at radius 1 is 1.17 bits per heavy atom. The van der Waals surface area contributed by atoms with Gasteiger partial charge in [-0.05, 0) is 12.1 Å². The highest BCUT2D eigenvalue weighted by Gasteiger charge is 2.34. The first-order chi connectivity index (χ1) is 11.3. The molecule has 0 spiro atoms. The lowest BCUT2D eigenvalue weighted by atomic mass is 10.2. The Bertz CT molecular complexity index is 879. The van der Waals surface area contributed by atoms with Crippen molar-refractivity contribution in [2.45, 2.75) is 6.18 Å². The fraction of sp³-hybridized carbons (Fsp3) is 0.133. The fourth-order valence-corrected chi connectivity index (χ4v) is 2.19. The first-order valence-electron chi connectivity index (χ1n) is 6.70. The molecule has 0 aliphatic heterocycles. The summed E-state index contributed by atoms with van der Waals surface area (Å²) >= 11 is 5.82. The van der Waals surface area contributed by atoms with E-state index in [1.54, 1.807) is 24.3 Å². The molecule has 0 N–H and O–H groups in total. The molecule has 3 aromatic rings. The van der Waals surface area contributed by atoms with Gasteiger partial charge in [0.15, 0.2) is 5.69 Å². The zero-order chi connectivity index (χ0) is 17.3. The highest BCUT2D eigenvalue weighted by Crippen LogP contribution is 2.31. The molecule has 3 heterocycles. The average Bonchev–Trinajstić information content (AvgIpc) is 2.90. The van der Waals surface area contributed by atoms with Gasteiger partial charge in [-0.15, -0.1) is 0 Å². The van der Waals surface area contributed by atoms with Gasteiger partial charge in [0.1, 0.15) is 5.75 Å². The molecule has 0 bridgehead atoms. The second kappa shape index (κ2) is 6.12. The van der Waals surface area contributed by atoms with E-state index in [0.717, 1.165) is 10.7 Å². The summed E-state index contributed by atoms with van der Waals surface area (Å²) in [6.07, 6.45) is -1.62. The Balaban J connectivity index is 1.92. The summed E-state index contributed by atoms with van der Waals surface area (Å²) in [7, 11) is 1.42. The molecule has 0 amide bonds. The molecule has 9 heteroatoms. The Hall–Kier alpha value is -2.61. The molecule has 0 atom stereocenters. The molecule has 3 aromatic heterocycles. The van der Waals surface area contributed by atoms with Crippen molar-refractivity contribution in [2.75, 3.05) is 0 Å². The van der Waals surface area contributed by atoms with Gasteiger partial charge in [-0.25, -0.2) is 4.98 Å². The third kappa shape index (κ3) is 3.48. The number of hydrogen-bond donors (Lipinski definition) is 0. The van der Waals surface area contributed by atoms with E-state index in [2.05, 4.69) is 15.1 Å². The van der Waals surface area contributed by atoms with Crippen LogP contribution in [-0.4, -0.2) is 19.7 Å². The molecule has 0 fully saturated rings. The standard InChI is InChI=1S/C15H10ClF3N4O/c1-23-12(6-13(22-23)15(17,18)19)11-3-2-4-14(21-11)24-10-5-9(16)7-20-8-10/h2-8H,1H3. The smallest absolute Gasteiger partial charge is 0.435 e. The number of nitrogens with zero attached hydrogens (tertiary/aromatic N) is 4. The monoisotopic (exact) mass is 354 g/mol. The number of halogens is 4. The SMILES string of the molecule is Cn1nc(C(F)(F)F)cc1-c1cccc(Oc2cncc(Cl)c2)n1.